The summed E-state index contributed by atoms with van der Waals surface area (Å²) in [6.07, 6.45) is 2.02. The molecular weight excluding hydrogens is 654 g/mol. The maximum absolute atomic E-state index is 7.15. The number of allylic oxidation sites excluding steroid dienone is 4. The quantitative estimate of drug-likeness (QED) is 0.226. The third kappa shape index (κ3) is 2.09. The Morgan fingerprint density at radius 1 is 0.484 bits per heavy atom. The second-order valence-electron chi connectivity index (χ2n) is 9.73. The van der Waals surface area contributed by atoms with E-state index >= 15 is 0 Å². The normalized spacial score (nSPS) is 60.0. The van der Waals surface area contributed by atoms with Crippen molar-refractivity contribution in [2.45, 2.75) is 47.4 Å². The lowest BCUT2D eigenvalue weighted by Gasteiger charge is -2.47. The van der Waals surface area contributed by atoms with Gasteiger partial charge in [0.25, 0.3) is 0 Å². The van der Waals surface area contributed by atoms with Gasteiger partial charge in [0.2, 0.25) is 0 Å². The highest BCUT2D eigenvalue weighted by molar-refractivity contribution is 6.67. The molecular formula is C19H12Cl12. The van der Waals surface area contributed by atoms with Gasteiger partial charge in [0.05, 0.1) is 20.1 Å². The van der Waals surface area contributed by atoms with E-state index in [0.717, 1.165) is 0 Å². The van der Waals surface area contributed by atoms with Gasteiger partial charge in [-0.05, 0) is 54.8 Å². The van der Waals surface area contributed by atoms with Gasteiger partial charge < -0.3 is 0 Å². The zero-order chi connectivity index (χ0) is 22.9. The summed E-state index contributed by atoms with van der Waals surface area (Å²) >= 11 is 81.9. The van der Waals surface area contributed by atoms with Crippen molar-refractivity contribution >= 4 is 139 Å². The zero-order valence-corrected chi connectivity index (χ0v) is 24.2. The molecule has 31 heavy (non-hydrogen) atoms. The van der Waals surface area contributed by atoms with Gasteiger partial charge in [0, 0.05) is 0 Å². The van der Waals surface area contributed by atoms with Crippen LogP contribution in [0.3, 0.4) is 0 Å². The molecule has 0 radical (unpaired) electrons. The number of fused-ring (bicyclic) bond motifs is 12. The summed E-state index contributed by atoms with van der Waals surface area (Å²) in [5.74, 6) is -0.486. The third-order valence-corrected chi connectivity index (χ3v) is 17.8. The first-order valence-electron chi connectivity index (χ1n) is 9.71. The summed E-state index contributed by atoms with van der Waals surface area (Å²) in [7, 11) is 0. The number of rotatable bonds is 0. The zero-order valence-electron chi connectivity index (χ0n) is 15.1. The van der Waals surface area contributed by atoms with Crippen molar-refractivity contribution in [3.8, 4) is 0 Å². The van der Waals surface area contributed by atoms with Crippen LogP contribution in [0.4, 0.5) is 0 Å². The van der Waals surface area contributed by atoms with E-state index in [1.165, 1.54) is 0 Å². The van der Waals surface area contributed by atoms with E-state index in [1.807, 2.05) is 0 Å². The van der Waals surface area contributed by atoms with Crippen molar-refractivity contribution in [1.82, 2.24) is 0 Å². The van der Waals surface area contributed by atoms with E-state index in [1.54, 1.807) is 0 Å². The maximum Gasteiger partial charge on any atom is 0.166 e. The highest BCUT2D eigenvalue weighted by atomic mass is 35.5. The monoisotopic (exact) mass is 660 g/mol. The molecule has 0 aromatic carbocycles. The van der Waals surface area contributed by atoms with Crippen LogP contribution >= 0.6 is 139 Å². The Morgan fingerprint density at radius 2 is 0.839 bits per heavy atom. The summed E-state index contributed by atoms with van der Waals surface area (Å²) in [5, 5.41) is 0.876. The Bertz CT molecular complexity index is 982. The molecule has 0 saturated heterocycles. The fraction of sp³-hybridized carbons (Fsp3) is 0.789. The predicted molar refractivity (Wildman–Crippen MR) is 135 cm³/mol. The second kappa shape index (κ2) is 6.50. The molecule has 4 bridgehead atoms. The number of hydrogen-bond donors (Lipinski definition) is 0. The van der Waals surface area contributed by atoms with E-state index < -0.39 is 28.2 Å². The van der Waals surface area contributed by atoms with E-state index in [0.29, 0.717) is 19.3 Å². The van der Waals surface area contributed by atoms with Gasteiger partial charge in [-0.25, -0.2) is 0 Å². The van der Waals surface area contributed by atoms with Crippen LogP contribution in [0.25, 0.3) is 0 Å². The molecule has 4 fully saturated rings. The van der Waals surface area contributed by atoms with Gasteiger partial charge in [0.15, 0.2) is 8.67 Å². The van der Waals surface area contributed by atoms with Gasteiger partial charge in [0.1, 0.15) is 19.5 Å². The summed E-state index contributed by atoms with van der Waals surface area (Å²) in [5.41, 5.74) is 0. The van der Waals surface area contributed by atoms with Crippen molar-refractivity contribution < 1.29 is 0 Å². The van der Waals surface area contributed by atoms with Crippen LogP contribution in [-0.4, -0.2) is 28.2 Å². The summed E-state index contributed by atoms with van der Waals surface area (Å²) in [6.45, 7) is 0. The molecule has 6 aliphatic rings. The number of alkyl halides is 8. The van der Waals surface area contributed by atoms with Crippen LogP contribution in [0.5, 0.6) is 0 Å². The SMILES string of the molecule is ClC1=C(Cl)[C@@]2(Cl)[C@H]3C[C@@H]4C[C@@H]5[C@@H]([C@@H]4C[C@H]3[C@@]1(Cl)C2(Cl)Cl)[C@@]1(Cl)C(Cl)=C(Cl)[C@@]5(Cl)C1(Cl)Cl. The number of hydrogen-bond acceptors (Lipinski definition) is 0. The molecule has 0 spiro atoms. The minimum absolute atomic E-state index is 0.0578. The van der Waals surface area contributed by atoms with Gasteiger partial charge in [-0.3, -0.25) is 0 Å². The average Bonchev–Trinajstić information content (AvgIpc) is 3.25. The first-order chi connectivity index (χ1) is 14.1. The summed E-state index contributed by atoms with van der Waals surface area (Å²) in [6, 6.07) is 0. The smallest absolute Gasteiger partial charge is 0.109 e. The predicted octanol–water partition coefficient (Wildman–Crippen LogP) is 9.57. The van der Waals surface area contributed by atoms with E-state index in [-0.39, 0.29) is 55.6 Å². The minimum Gasteiger partial charge on any atom is -0.109 e. The number of halogens is 12. The molecule has 0 unspecified atom stereocenters. The first kappa shape index (κ1) is 24.3. The Labute approximate surface area is 240 Å². The Balaban J connectivity index is 1.47. The van der Waals surface area contributed by atoms with Gasteiger partial charge in [-0.15, -0.1) is 46.4 Å². The molecule has 0 amide bonds. The molecule has 0 nitrogen and oxygen atoms in total. The summed E-state index contributed by atoms with van der Waals surface area (Å²) < 4.78 is -3.12. The molecule has 10 atom stereocenters. The molecule has 0 aromatic heterocycles. The summed E-state index contributed by atoms with van der Waals surface area (Å²) in [4.78, 5) is -5.15. The van der Waals surface area contributed by atoms with Crippen LogP contribution in [-0.2, 0) is 0 Å². The van der Waals surface area contributed by atoms with Crippen LogP contribution in [0.15, 0.2) is 20.1 Å². The topological polar surface area (TPSA) is 0 Å². The molecule has 0 aliphatic heterocycles. The molecule has 4 saturated carbocycles. The standard InChI is InChI=1S/C19H12Cl12/c20-10-11(21)15(25)7-3-5-4(1-6(7)14(10,24)18(15,28)29)2-8-9(5)17(27)13(23)12(22)16(8,26)19(17,30)31/h4-9H,1-3H2/t4-,5-,6+,7-,8-,9-,14+,15+,16-,17-/m1/s1. The molecule has 0 heterocycles. The van der Waals surface area contributed by atoms with Gasteiger partial charge in [-0.1, -0.05) is 92.8 Å². The lowest BCUT2D eigenvalue weighted by molar-refractivity contribution is 0.102. The third-order valence-electron chi connectivity index (χ3n) is 9.11. The van der Waals surface area contributed by atoms with Crippen LogP contribution in [0, 0.1) is 35.5 Å². The van der Waals surface area contributed by atoms with Crippen molar-refractivity contribution in [2.24, 2.45) is 35.5 Å². The van der Waals surface area contributed by atoms with Crippen molar-refractivity contribution in [3.05, 3.63) is 20.1 Å². The fourth-order valence-corrected chi connectivity index (χ4v) is 14.2. The van der Waals surface area contributed by atoms with Crippen LogP contribution in [0.1, 0.15) is 19.3 Å². The first-order valence-corrected chi connectivity index (χ1v) is 14.2. The Morgan fingerprint density at radius 3 is 1.35 bits per heavy atom. The van der Waals surface area contributed by atoms with E-state index in [4.69, 9.17) is 139 Å². The molecule has 6 aliphatic carbocycles. The molecule has 6 rings (SSSR count). The Hall–Kier alpha value is 2.96. The highest BCUT2D eigenvalue weighted by Gasteiger charge is 2.87. The fourth-order valence-electron chi connectivity index (χ4n) is 7.92. The van der Waals surface area contributed by atoms with Gasteiger partial charge >= 0.3 is 0 Å². The largest absolute Gasteiger partial charge is 0.166 e. The van der Waals surface area contributed by atoms with Crippen LogP contribution < -0.4 is 0 Å². The van der Waals surface area contributed by atoms with E-state index in [2.05, 4.69) is 0 Å². The van der Waals surface area contributed by atoms with Crippen molar-refractivity contribution in [1.29, 1.82) is 0 Å². The lowest BCUT2D eigenvalue weighted by atomic mass is 9.62. The molecule has 12 heteroatoms. The average molecular weight is 666 g/mol. The van der Waals surface area contributed by atoms with Gasteiger partial charge in [-0.2, -0.15) is 0 Å². The second-order valence-corrected chi connectivity index (χ2v) is 16.3. The highest BCUT2D eigenvalue weighted by Crippen LogP contribution is 2.84. The Kier molecular flexibility index (Phi) is 5.10. The van der Waals surface area contributed by atoms with Crippen molar-refractivity contribution in [2.75, 3.05) is 0 Å². The molecule has 0 N–H and O–H groups in total. The minimum atomic E-state index is -1.56. The van der Waals surface area contributed by atoms with Crippen molar-refractivity contribution in [3.63, 3.8) is 0 Å². The van der Waals surface area contributed by atoms with E-state index in [9.17, 15) is 0 Å². The molecule has 0 aromatic rings. The maximum atomic E-state index is 7.15. The van der Waals surface area contributed by atoms with Crippen LogP contribution in [0.2, 0.25) is 0 Å². The molecule has 172 valence electrons. The lowest BCUT2D eigenvalue weighted by Crippen LogP contribution is -2.49.